The van der Waals surface area contributed by atoms with Crippen LogP contribution in [0.1, 0.15) is 0 Å². The van der Waals surface area contributed by atoms with Crippen LogP contribution in [0, 0.1) is 0 Å². The predicted molar refractivity (Wildman–Crippen MR) is 149 cm³/mol. The first-order valence-electron chi connectivity index (χ1n) is 10.8. The van der Waals surface area contributed by atoms with Crippen LogP contribution in [0.3, 0.4) is 0 Å². The van der Waals surface area contributed by atoms with Gasteiger partial charge in [0.1, 0.15) is 0 Å². The van der Waals surface area contributed by atoms with Gasteiger partial charge in [0.05, 0.1) is 0 Å². The topological polar surface area (TPSA) is 30.0 Å². The molecule has 0 radical (unpaired) electrons. The van der Waals surface area contributed by atoms with Crippen molar-refractivity contribution < 1.29 is 5.11 Å². The summed E-state index contributed by atoms with van der Waals surface area (Å²) in [6.07, 6.45) is 0.621. The molecule has 0 spiro atoms. The molecule has 3 aromatic carbocycles. The van der Waals surface area contributed by atoms with E-state index in [0.29, 0.717) is 6.16 Å². The van der Waals surface area contributed by atoms with Crippen LogP contribution in [0.2, 0.25) is 0 Å². The van der Waals surface area contributed by atoms with Crippen LogP contribution in [0.15, 0.2) is 72.8 Å². The second-order valence-electron chi connectivity index (χ2n) is 8.86. The van der Waals surface area contributed by atoms with E-state index in [1.165, 1.54) is 15.9 Å². The molecule has 32 heavy (non-hydrogen) atoms. The van der Waals surface area contributed by atoms with E-state index < -0.39 is 5.31 Å². The average Bonchev–Trinajstić information content (AvgIpc) is 2.79. The number of aliphatic hydroxyl groups is 1. The first kappa shape index (κ1) is 24.6. The van der Waals surface area contributed by atoms with Crippen molar-refractivity contribution in [3.05, 3.63) is 72.8 Å². The first-order chi connectivity index (χ1) is 15.1. The van der Waals surface area contributed by atoms with E-state index >= 15 is 0 Å². The van der Waals surface area contributed by atoms with Crippen LogP contribution < -0.4 is 30.6 Å². The van der Waals surface area contributed by atoms with E-state index in [0.717, 1.165) is 17.1 Å². The zero-order valence-corrected chi connectivity index (χ0v) is 22.4. The molecule has 0 saturated carbocycles. The van der Waals surface area contributed by atoms with Crippen molar-refractivity contribution in [2.24, 2.45) is 0 Å². The summed E-state index contributed by atoms with van der Waals surface area (Å²) in [5, 5.41) is 10.9. The summed E-state index contributed by atoms with van der Waals surface area (Å²) < 4.78 is 0. The molecule has 0 amide bonds. The molecule has 4 nitrogen and oxygen atoms in total. The maximum absolute atomic E-state index is 10.4. The minimum absolute atomic E-state index is 0.0867. The SMILES string of the molecule is CN(C)c1ccc(P(Br)(CCO)(c2ccc(N(C)C)cc2)c2ccc(N(C)C)cc2)cc1. The molecule has 3 rings (SSSR count). The summed E-state index contributed by atoms with van der Waals surface area (Å²) in [6, 6.07) is 26.3. The second kappa shape index (κ2) is 9.43. The van der Waals surface area contributed by atoms with E-state index in [4.69, 9.17) is 0 Å². The van der Waals surface area contributed by atoms with Gasteiger partial charge >= 0.3 is 201 Å². The van der Waals surface area contributed by atoms with Crippen molar-refractivity contribution in [2.45, 2.75) is 0 Å². The normalized spacial score (nSPS) is 12.7. The molecule has 0 aliphatic carbocycles. The third-order valence-electron chi connectivity index (χ3n) is 6.23. The molecule has 6 heteroatoms. The maximum atomic E-state index is 10.4. The van der Waals surface area contributed by atoms with E-state index in [1.807, 2.05) is 0 Å². The number of anilines is 3. The van der Waals surface area contributed by atoms with E-state index in [9.17, 15) is 5.11 Å². The van der Waals surface area contributed by atoms with Gasteiger partial charge in [-0.25, -0.2) is 0 Å². The Morgan fingerprint density at radius 1 is 0.562 bits per heavy atom. The summed E-state index contributed by atoms with van der Waals surface area (Å²) in [5.74, 6) is 0. The standard InChI is InChI=1S/C26H35BrN3OP/c1-28(2)21-7-13-24(14-8-21)32(27,20-19-31,25-15-9-22(10-16-25)29(3)4)26-17-11-23(12-18-26)30(5)6/h7-18,31H,19-20H2,1-6H3. The van der Waals surface area contributed by atoms with Crippen molar-refractivity contribution >= 4 is 53.8 Å². The minimum atomic E-state index is -3.11. The van der Waals surface area contributed by atoms with Gasteiger partial charge in [-0.2, -0.15) is 0 Å². The number of nitrogens with zero attached hydrogens (tertiary/aromatic N) is 3. The van der Waals surface area contributed by atoms with Crippen molar-refractivity contribution in [3.63, 3.8) is 0 Å². The van der Waals surface area contributed by atoms with Crippen molar-refractivity contribution in [1.82, 2.24) is 0 Å². The molecule has 0 aliphatic heterocycles. The molecular formula is C26H35BrN3OP. The third-order valence-corrected chi connectivity index (χ3v) is 16.1. The van der Waals surface area contributed by atoms with Gasteiger partial charge in [0.15, 0.2) is 0 Å². The third kappa shape index (κ3) is 4.26. The van der Waals surface area contributed by atoms with Gasteiger partial charge in [-0.15, -0.1) is 0 Å². The van der Waals surface area contributed by atoms with E-state index in [1.54, 1.807) is 0 Å². The van der Waals surface area contributed by atoms with Crippen LogP contribution in [0.25, 0.3) is 0 Å². The molecule has 0 unspecified atom stereocenters. The number of hydrogen-bond donors (Lipinski definition) is 1. The molecule has 0 fully saturated rings. The summed E-state index contributed by atoms with van der Waals surface area (Å²) >= 11 is 4.39. The predicted octanol–water partition coefficient (Wildman–Crippen LogP) is 4.02. The Kier molecular flexibility index (Phi) is 7.24. The summed E-state index contributed by atoms with van der Waals surface area (Å²) in [5.41, 5.74) is 3.46. The molecule has 172 valence electrons. The Bertz CT molecular complexity index is 904. The van der Waals surface area contributed by atoms with Crippen molar-refractivity contribution in [3.8, 4) is 0 Å². The van der Waals surface area contributed by atoms with Gasteiger partial charge in [0.25, 0.3) is 0 Å². The molecule has 0 saturated heterocycles. The Hall–Kier alpha value is -2.07. The van der Waals surface area contributed by atoms with E-state index in [-0.39, 0.29) is 6.61 Å². The summed E-state index contributed by atoms with van der Waals surface area (Å²) in [4.78, 5) is 6.32. The van der Waals surface area contributed by atoms with Crippen LogP contribution in [-0.4, -0.2) is 60.2 Å². The van der Waals surface area contributed by atoms with Crippen molar-refractivity contribution in [1.29, 1.82) is 0 Å². The van der Waals surface area contributed by atoms with Crippen LogP contribution >= 0.6 is 20.8 Å². The van der Waals surface area contributed by atoms with Crippen LogP contribution in [-0.2, 0) is 0 Å². The van der Waals surface area contributed by atoms with Gasteiger partial charge in [0.2, 0.25) is 0 Å². The zero-order chi connectivity index (χ0) is 23.5. The molecular weight excluding hydrogens is 481 g/mol. The molecule has 0 atom stereocenters. The van der Waals surface area contributed by atoms with Gasteiger partial charge in [-0.3, -0.25) is 0 Å². The number of aliphatic hydroxyl groups excluding tert-OH is 1. The van der Waals surface area contributed by atoms with Crippen LogP contribution in [0.4, 0.5) is 17.1 Å². The number of rotatable bonds is 8. The molecule has 0 heterocycles. The summed E-state index contributed by atoms with van der Waals surface area (Å²) in [6.45, 7) is 0.0867. The fraction of sp³-hybridized carbons (Fsp3) is 0.308. The Morgan fingerprint density at radius 2 is 0.812 bits per heavy atom. The van der Waals surface area contributed by atoms with Gasteiger partial charge in [-0.05, 0) is 0 Å². The quantitative estimate of drug-likeness (QED) is 0.459. The Morgan fingerprint density at radius 3 is 1.00 bits per heavy atom. The Balaban J connectivity index is 2.33. The van der Waals surface area contributed by atoms with Crippen molar-refractivity contribution in [2.75, 3.05) is 69.8 Å². The number of benzene rings is 3. The summed E-state index contributed by atoms with van der Waals surface area (Å²) in [7, 11) is 12.3. The fourth-order valence-corrected chi connectivity index (χ4v) is 11.2. The number of halogens is 1. The van der Waals surface area contributed by atoms with Gasteiger partial charge < -0.3 is 0 Å². The zero-order valence-electron chi connectivity index (χ0n) is 20.0. The molecule has 1 N–H and O–H groups in total. The monoisotopic (exact) mass is 515 g/mol. The fourth-order valence-electron chi connectivity index (χ4n) is 4.21. The Labute approximate surface area is 201 Å². The van der Waals surface area contributed by atoms with Gasteiger partial charge in [-0.1, -0.05) is 0 Å². The second-order valence-corrected chi connectivity index (χ2v) is 17.9. The van der Waals surface area contributed by atoms with Crippen LogP contribution in [0.5, 0.6) is 0 Å². The molecule has 0 aromatic heterocycles. The average molecular weight is 516 g/mol. The van der Waals surface area contributed by atoms with E-state index in [2.05, 4.69) is 145 Å². The first-order valence-corrected chi connectivity index (χ1v) is 15.2. The molecule has 0 bridgehead atoms. The van der Waals surface area contributed by atoms with Gasteiger partial charge in [0, 0.05) is 0 Å². The molecule has 0 aliphatic rings. The molecule has 3 aromatic rings. The number of hydrogen-bond acceptors (Lipinski definition) is 4.